The van der Waals surface area contributed by atoms with E-state index in [2.05, 4.69) is 16.0 Å². The van der Waals surface area contributed by atoms with Crippen LogP contribution in [0.2, 0.25) is 0 Å². The molecule has 0 saturated carbocycles. The number of carbonyl (C=O) groups is 1. The molecule has 0 aromatic heterocycles. The molecular weight excluding hydrogens is 499 g/mol. The van der Waals surface area contributed by atoms with Crippen molar-refractivity contribution < 1.29 is 37.7 Å². The topological polar surface area (TPSA) is 112 Å². The van der Waals surface area contributed by atoms with E-state index in [9.17, 15) is 28.2 Å². The normalized spacial score (nSPS) is 33.6. The lowest BCUT2D eigenvalue weighted by molar-refractivity contribution is -0.308. The number of aliphatic hydroxyl groups excluding tert-OH is 2. The van der Waals surface area contributed by atoms with Gasteiger partial charge in [0.25, 0.3) is 0 Å². The van der Waals surface area contributed by atoms with Crippen molar-refractivity contribution in [2.45, 2.75) is 99.8 Å². The predicted molar refractivity (Wildman–Crippen MR) is 124 cm³/mol. The van der Waals surface area contributed by atoms with Crippen LogP contribution in [0.4, 0.5) is 13.2 Å². The summed E-state index contributed by atoms with van der Waals surface area (Å²) in [7, 11) is 0. The molecule has 2 aliphatic rings. The molecule has 0 aromatic rings. The van der Waals surface area contributed by atoms with Crippen LogP contribution in [0.15, 0.2) is 0 Å². The summed E-state index contributed by atoms with van der Waals surface area (Å²) in [6, 6.07) is -1.48. The second-order valence-electron chi connectivity index (χ2n) is 9.07. The fourth-order valence-corrected chi connectivity index (χ4v) is 4.90. The first-order chi connectivity index (χ1) is 15.9. The molecule has 34 heavy (non-hydrogen) atoms. The molecule has 0 aromatic carbocycles. The first-order valence-electron chi connectivity index (χ1n) is 11.6. The highest BCUT2D eigenvalue weighted by Crippen LogP contribution is 2.28. The summed E-state index contributed by atoms with van der Waals surface area (Å²) in [4.78, 5) is 13.0. The molecule has 2 aliphatic heterocycles. The Morgan fingerprint density at radius 1 is 1.24 bits per heavy atom. The number of hydrogen-bond donors (Lipinski definition) is 5. The fraction of sp³-hybridized carbons (Fsp3) is 0.952. The van der Waals surface area contributed by atoms with Crippen molar-refractivity contribution in [3.8, 4) is 0 Å². The van der Waals surface area contributed by atoms with E-state index >= 15 is 0 Å². The Hall–Kier alpha value is -0.340. The zero-order valence-electron chi connectivity index (χ0n) is 19.7. The minimum atomic E-state index is -4.22. The van der Waals surface area contributed by atoms with Gasteiger partial charge in [0.15, 0.2) is 6.29 Å². The molecule has 0 radical (unpaired) electrons. The number of alkyl halides is 4. The van der Waals surface area contributed by atoms with Gasteiger partial charge in [-0.1, -0.05) is 0 Å². The third kappa shape index (κ3) is 9.61. The van der Waals surface area contributed by atoms with E-state index in [1.165, 1.54) is 11.8 Å². The summed E-state index contributed by atoms with van der Waals surface area (Å²) in [5.41, 5.74) is -0.803. The van der Waals surface area contributed by atoms with Crippen molar-refractivity contribution in [2.24, 2.45) is 5.92 Å². The number of carbonyl (C=O) groups excluding carboxylic acids is 1. The van der Waals surface area contributed by atoms with Crippen molar-refractivity contribution in [2.75, 3.05) is 19.3 Å². The van der Waals surface area contributed by atoms with E-state index < -0.39 is 54.3 Å². The molecule has 2 fully saturated rings. The van der Waals surface area contributed by atoms with E-state index in [1.54, 1.807) is 20.1 Å². The van der Waals surface area contributed by atoms with Crippen LogP contribution in [0, 0.1) is 5.92 Å². The van der Waals surface area contributed by atoms with Crippen LogP contribution in [0.1, 0.15) is 46.0 Å². The quantitative estimate of drug-likeness (QED) is 0.270. The van der Waals surface area contributed by atoms with Gasteiger partial charge in [-0.25, -0.2) is 0 Å². The fourth-order valence-electron chi connectivity index (χ4n) is 4.23. The lowest BCUT2D eigenvalue weighted by Crippen LogP contribution is -2.62. The van der Waals surface area contributed by atoms with E-state index in [0.717, 1.165) is 19.3 Å². The molecule has 0 aliphatic carbocycles. The summed E-state index contributed by atoms with van der Waals surface area (Å²) >= 11 is 7.51. The van der Waals surface area contributed by atoms with Crippen molar-refractivity contribution in [1.29, 1.82) is 0 Å². The van der Waals surface area contributed by atoms with Crippen LogP contribution in [-0.2, 0) is 14.3 Å². The van der Waals surface area contributed by atoms with E-state index in [1.807, 2.05) is 0 Å². The molecule has 200 valence electrons. The van der Waals surface area contributed by atoms with E-state index in [4.69, 9.17) is 21.1 Å². The number of thioether (sulfide) groups is 1. The summed E-state index contributed by atoms with van der Waals surface area (Å²) in [6.45, 7) is 3.03. The number of nitrogens with one attached hydrogen (secondary N) is 3. The minimum Gasteiger partial charge on any atom is -0.385 e. The highest BCUT2D eigenvalue weighted by atomic mass is 35.5. The molecule has 5 N–H and O–H groups in total. The van der Waals surface area contributed by atoms with E-state index in [0.29, 0.717) is 25.3 Å². The average Bonchev–Trinajstić information content (AvgIpc) is 3.01. The predicted octanol–water partition coefficient (Wildman–Crippen LogP) is 1.92. The monoisotopic (exact) mass is 535 g/mol. The van der Waals surface area contributed by atoms with Crippen LogP contribution in [0.3, 0.4) is 0 Å². The number of hydrogen-bond acceptors (Lipinski definition) is 8. The van der Waals surface area contributed by atoms with Gasteiger partial charge in [0.05, 0.1) is 24.0 Å². The van der Waals surface area contributed by atoms with Crippen LogP contribution in [-0.4, -0.2) is 89.3 Å². The molecule has 2 heterocycles. The number of rotatable bonds is 10. The van der Waals surface area contributed by atoms with Crippen molar-refractivity contribution >= 4 is 29.3 Å². The standard InChI is InChI=1S/C21H37ClF3N3O5S/c1-11(27-10-21(23,24)25)4-5-13-6-7-14(26-9-8-13)18(30)28-15(12(2)22)17-16(29)19(31)33-20(32-17)34-3/h11-17,19-20,26-27,29,31H,4-10H2,1-3H3,(H,28,30)/t11?,12-,13-,14?,15?,16?,17?,19+,20?/m0/s1. The molecule has 9 atom stereocenters. The second-order valence-corrected chi connectivity index (χ2v) is 10.6. The number of amides is 1. The third-order valence-corrected chi connectivity index (χ3v) is 7.16. The van der Waals surface area contributed by atoms with E-state index in [-0.39, 0.29) is 11.9 Å². The Kier molecular flexibility index (Phi) is 12.2. The van der Waals surface area contributed by atoms with Gasteiger partial charge in [-0.2, -0.15) is 13.2 Å². The number of ether oxygens (including phenoxy) is 2. The Bertz CT molecular complexity index is 637. The highest BCUT2D eigenvalue weighted by Gasteiger charge is 2.44. The highest BCUT2D eigenvalue weighted by molar-refractivity contribution is 7.98. The molecular formula is C21H37ClF3N3O5S. The van der Waals surface area contributed by atoms with Crippen LogP contribution in [0.5, 0.6) is 0 Å². The van der Waals surface area contributed by atoms with Crippen molar-refractivity contribution in [3.05, 3.63) is 0 Å². The van der Waals surface area contributed by atoms with Crippen LogP contribution < -0.4 is 16.0 Å². The van der Waals surface area contributed by atoms with Gasteiger partial charge in [-0.15, -0.1) is 23.4 Å². The number of halogens is 4. The Labute approximate surface area is 208 Å². The SMILES string of the molecule is CSC1OC(C(NC(=O)C2CC[C@H](CCC(C)NCC(F)(F)F)CCN2)[C@H](C)Cl)C(O)[C@H](O)O1. The molecule has 8 nitrogen and oxygen atoms in total. The average molecular weight is 536 g/mol. The van der Waals surface area contributed by atoms with Crippen LogP contribution in [0.25, 0.3) is 0 Å². The molecule has 13 heteroatoms. The molecule has 0 spiro atoms. The largest absolute Gasteiger partial charge is 0.401 e. The molecule has 6 unspecified atom stereocenters. The van der Waals surface area contributed by atoms with Gasteiger partial charge in [0.1, 0.15) is 12.2 Å². The Morgan fingerprint density at radius 2 is 1.94 bits per heavy atom. The Morgan fingerprint density at radius 3 is 2.56 bits per heavy atom. The van der Waals surface area contributed by atoms with Crippen LogP contribution >= 0.6 is 23.4 Å². The zero-order valence-corrected chi connectivity index (χ0v) is 21.3. The first kappa shape index (κ1) is 29.9. The third-order valence-electron chi connectivity index (χ3n) is 6.28. The van der Waals surface area contributed by atoms with Gasteiger partial charge in [-0.3, -0.25) is 4.79 Å². The second kappa shape index (κ2) is 13.8. The van der Waals surface area contributed by atoms with Gasteiger partial charge in [-0.05, 0) is 64.7 Å². The van der Waals surface area contributed by atoms with Gasteiger partial charge >= 0.3 is 6.18 Å². The maximum Gasteiger partial charge on any atom is 0.401 e. The van der Waals surface area contributed by atoms with Crippen molar-refractivity contribution in [1.82, 2.24) is 16.0 Å². The summed E-state index contributed by atoms with van der Waals surface area (Å²) in [5, 5.41) is 28.4. The molecule has 2 saturated heterocycles. The van der Waals surface area contributed by atoms with Gasteiger partial charge in [0.2, 0.25) is 11.5 Å². The lowest BCUT2D eigenvalue weighted by atomic mass is 9.92. The molecule has 2 rings (SSSR count). The van der Waals surface area contributed by atoms with Crippen molar-refractivity contribution in [3.63, 3.8) is 0 Å². The molecule has 0 bridgehead atoms. The summed E-state index contributed by atoms with van der Waals surface area (Å²) in [6.07, 6.45) is -2.73. The maximum atomic E-state index is 13.0. The smallest absolute Gasteiger partial charge is 0.385 e. The summed E-state index contributed by atoms with van der Waals surface area (Å²) < 4.78 is 47.9. The zero-order chi connectivity index (χ0) is 25.5. The number of aliphatic hydroxyl groups is 2. The van der Waals surface area contributed by atoms with Gasteiger partial charge < -0.3 is 35.6 Å². The molecule has 1 amide bonds. The van der Waals surface area contributed by atoms with Gasteiger partial charge in [0, 0.05) is 6.04 Å². The Balaban J connectivity index is 1.87. The lowest BCUT2D eigenvalue weighted by Gasteiger charge is -2.41. The minimum absolute atomic E-state index is 0.241. The maximum absolute atomic E-state index is 13.0. The summed E-state index contributed by atoms with van der Waals surface area (Å²) in [5.74, 6) is 0.0252. The first-order valence-corrected chi connectivity index (χ1v) is 13.3.